The maximum Gasteiger partial charge on any atom is 0.190 e. The van der Waals surface area contributed by atoms with Crippen LogP contribution in [0, 0.1) is 13.8 Å². The molecule has 0 radical (unpaired) electrons. The van der Waals surface area contributed by atoms with Crippen LogP contribution in [0.1, 0.15) is 27.5 Å². The summed E-state index contributed by atoms with van der Waals surface area (Å²) in [4.78, 5) is 12.0. The molecule has 0 saturated heterocycles. The Labute approximate surface area is 106 Å². The first kappa shape index (κ1) is 12.6. The summed E-state index contributed by atoms with van der Waals surface area (Å²) in [7, 11) is 1.95. The number of furan rings is 1. The van der Waals surface area contributed by atoms with Crippen LogP contribution in [0.4, 0.5) is 0 Å². The van der Waals surface area contributed by atoms with Crippen LogP contribution in [0.25, 0.3) is 0 Å². The van der Waals surface area contributed by atoms with Gasteiger partial charge in [-0.3, -0.25) is 4.79 Å². The molecule has 0 atom stereocenters. The fourth-order valence-electron chi connectivity index (χ4n) is 1.85. The summed E-state index contributed by atoms with van der Waals surface area (Å²) < 4.78 is 12.5. The molecular formula is C14H17NO3. The minimum absolute atomic E-state index is 0.00255. The molecule has 0 spiro atoms. The second-order valence-corrected chi connectivity index (χ2v) is 4.34. The summed E-state index contributed by atoms with van der Waals surface area (Å²) in [5, 5.41) is 0. The Hall–Kier alpha value is -1.81. The molecule has 4 nitrogen and oxygen atoms in total. The third kappa shape index (κ3) is 2.54. The quantitative estimate of drug-likeness (QED) is 0.763. The Balaban J connectivity index is 1.93. The Kier molecular flexibility index (Phi) is 3.67. The molecule has 0 N–H and O–H groups in total. The van der Waals surface area contributed by atoms with Gasteiger partial charge in [0, 0.05) is 24.0 Å². The van der Waals surface area contributed by atoms with Crippen LogP contribution < -0.4 is 0 Å². The zero-order chi connectivity index (χ0) is 13.1. The normalized spacial score (nSPS) is 10.8. The van der Waals surface area contributed by atoms with Crippen molar-refractivity contribution in [2.75, 3.05) is 6.61 Å². The fraction of sp³-hybridized carbons (Fsp3) is 0.357. The van der Waals surface area contributed by atoms with Crippen LogP contribution in [0.15, 0.2) is 28.9 Å². The van der Waals surface area contributed by atoms with Crippen LogP contribution >= 0.6 is 0 Å². The van der Waals surface area contributed by atoms with E-state index in [2.05, 4.69) is 0 Å². The van der Waals surface area contributed by atoms with Crippen molar-refractivity contribution in [3.05, 3.63) is 47.2 Å². The highest BCUT2D eigenvalue weighted by Crippen LogP contribution is 2.14. The van der Waals surface area contributed by atoms with Gasteiger partial charge in [0.15, 0.2) is 5.78 Å². The van der Waals surface area contributed by atoms with Gasteiger partial charge in [-0.2, -0.15) is 0 Å². The van der Waals surface area contributed by atoms with E-state index >= 15 is 0 Å². The lowest BCUT2D eigenvalue weighted by molar-refractivity contribution is 0.0690. The first-order valence-corrected chi connectivity index (χ1v) is 5.86. The molecule has 96 valence electrons. The maximum absolute atomic E-state index is 12.0. The molecule has 2 rings (SSSR count). The predicted octanol–water partition coefficient (Wildman–Crippen LogP) is 2.63. The molecule has 0 amide bonds. The summed E-state index contributed by atoms with van der Waals surface area (Å²) in [6, 6.07) is 5.52. The molecule has 0 saturated carbocycles. The number of aromatic nitrogens is 1. The van der Waals surface area contributed by atoms with Gasteiger partial charge >= 0.3 is 0 Å². The van der Waals surface area contributed by atoms with Gasteiger partial charge in [0.25, 0.3) is 0 Å². The summed E-state index contributed by atoms with van der Waals surface area (Å²) in [6.45, 7) is 4.31. The first-order valence-electron chi connectivity index (χ1n) is 5.86. The van der Waals surface area contributed by atoms with Crippen molar-refractivity contribution in [1.82, 2.24) is 4.57 Å². The largest absolute Gasteiger partial charge is 0.467 e. The Bertz CT molecular complexity index is 538. The molecule has 4 heteroatoms. The predicted molar refractivity (Wildman–Crippen MR) is 67.6 cm³/mol. The van der Waals surface area contributed by atoms with E-state index in [1.165, 1.54) is 0 Å². The molecule has 2 aromatic rings. The second-order valence-electron chi connectivity index (χ2n) is 4.34. The molecule has 0 aromatic carbocycles. The standard InChI is InChI=1S/C14H17NO3/c1-10-7-13(11(2)15(10)3)14(16)9-17-8-12-5-4-6-18-12/h4-7H,8-9H2,1-3H3. The van der Waals surface area contributed by atoms with E-state index < -0.39 is 0 Å². The number of ether oxygens (including phenoxy) is 1. The van der Waals surface area contributed by atoms with Gasteiger partial charge in [0.1, 0.15) is 19.0 Å². The average molecular weight is 247 g/mol. The van der Waals surface area contributed by atoms with Crippen molar-refractivity contribution in [1.29, 1.82) is 0 Å². The Morgan fingerprint density at radius 2 is 2.22 bits per heavy atom. The zero-order valence-electron chi connectivity index (χ0n) is 10.9. The van der Waals surface area contributed by atoms with E-state index in [4.69, 9.17) is 9.15 Å². The van der Waals surface area contributed by atoms with Gasteiger partial charge in [0.05, 0.1) is 6.26 Å². The van der Waals surface area contributed by atoms with Crippen molar-refractivity contribution >= 4 is 5.78 Å². The van der Waals surface area contributed by atoms with Crippen LogP contribution in [0.3, 0.4) is 0 Å². The highest BCUT2D eigenvalue weighted by atomic mass is 16.5. The van der Waals surface area contributed by atoms with Gasteiger partial charge in [-0.15, -0.1) is 0 Å². The molecule has 18 heavy (non-hydrogen) atoms. The molecule has 0 aliphatic heterocycles. The van der Waals surface area contributed by atoms with Gasteiger partial charge in [0.2, 0.25) is 0 Å². The van der Waals surface area contributed by atoms with E-state index in [9.17, 15) is 4.79 Å². The lowest BCUT2D eigenvalue weighted by Gasteiger charge is -2.03. The maximum atomic E-state index is 12.0. The molecule has 2 heterocycles. The first-order chi connectivity index (χ1) is 8.59. The van der Waals surface area contributed by atoms with Gasteiger partial charge in [-0.25, -0.2) is 0 Å². The van der Waals surface area contributed by atoms with E-state index in [0.29, 0.717) is 6.61 Å². The number of hydrogen-bond donors (Lipinski definition) is 0. The fourth-order valence-corrected chi connectivity index (χ4v) is 1.85. The van der Waals surface area contributed by atoms with Crippen molar-refractivity contribution < 1.29 is 13.9 Å². The molecule has 0 aliphatic rings. The number of aryl methyl sites for hydroxylation is 1. The van der Waals surface area contributed by atoms with Crippen LogP contribution in [-0.2, 0) is 18.4 Å². The van der Waals surface area contributed by atoms with Crippen LogP contribution in [0.2, 0.25) is 0 Å². The minimum Gasteiger partial charge on any atom is -0.467 e. The summed E-state index contributed by atoms with van der Waals surface area (Å²) in [6.07, 6.45) is 1.59. The van der Waals surface area contributed by atoms with Crippen molar-refractivity contribution in [3.63, 3.8) is 0 Å². The Morgan fingerprint density at radius 3 is 2.78 bits per heavy atom. The smallest absolute Gasteiger partial charge is 0.190 e. The average Bonchev–Trinajstić information content (AvgIpc) is 2.94. The zero-order valence-corrected chi connectivity index (χ0v) is 10.9. The number of Topliss-reactive ketones (excluding diaryl/α,β-unsaturated/α-hetero) is 1. The molecule has 0 aliphatic carbocycles. The number of carbonyl (C=O) groups excluding carboxylic acids is 1. The van der Waals surface area contributed by atoms with Gasteiger partial charge in [-0.1, -0.05) is 0 Å². The SMILES string of the molecule is Cc1cc(C(=O)COCc2ccco2)c(C)n1C. The van der Waals surface area contributed by atoms with E-state index in [1.807, 2.05) is 37.6 Å². The van der Waals surface area contributed by atoms with Gasteiger partial charge < -0.3 is 13.7 Å². The van der Waals surface area contributed by atoms with Crippen molar-refractivity contribution in [3.8, 4) is 0 Å². The van der Waals surface area contributed by atoms with Gasteiger partial charge in [-0.05, 0) is 32.0 Å². The number of rotatable bonds is 5. The lowest BCUT2D eigenvalue weighted by atomic mass is 10.1. The lowest BCUT2D eigenvalue weighted by Crippen LogP contribution is -2.10. The van der Waals surface area contributed by atoms with Crippen LogP contribution in [-0.4, -0.2) is 17.0 Å². The molecule has 0 bridgehead atoms. The summed E-state index contributed by atoms with van der Waals surface area (Å²) in [5.74, 6) is 0.728. The number of ketones is 1. The number of nitrogens with zero attached hydrogens (tertiary/aromatic N) is 1. The van der Waals surface area contributed by atoms with E-state index in [1.54, 1.807) is 12.3 Å². The number of hydrogen-bond acceptors (Lipinski definition) is 3. The number of carbonyl (C=O) groups is 1. The Morgan fingerprint density at radius 1 is 1.44 bits per heavy atom. The van der Waals surface area contributed by atoms with Crippen molar-refractivity contribution in [2.24, 2.45) is 7.05 Å². The van der Waals surface area contributed by atoms with E-state index in [0.717, 1.165) is 22.7 Å². The topological polar surface area (TPSA) is 44.4 Å². The molecular weight excluding hydrogens is 230 g/mol. The highest BCUT2D eigenvalue weighted by Gasteiger charge is 2.14. The monoisotopic (exact) mass is 247 g/mol. The summed E-state index contributed by atoms with van der Waals surface area (Å²) >= 11 is 0. The molecule has 2 aromatic heterocycles. The minimum atomic E-state index is 0.00255. The van der Waals surface area contributed by atoms with E-state index in [-0.39, 0.29) is 12.4 Å². The van der Waals surface area contributed by atoms with Crippen molar-refractivity contribution in [2.45, 2.75) is 20.5 Å². The second kappa shape index (κ2) is 5.23. The third-order valence-corrected chi connectivity index (χ3v) is 3.13. The molecule has 0 unspecified atom stereocenters. The van der Waals surface area contributed by atoms with Crippen LogP contribution in [0.5, 0.6) is 0 Å². The molecule has 0 fully saturated rings. The highest BCUT2D eigenvalue weighted by molar-refractivity contribution is 5.98. The summed E-state index contributed by atoms with van der Waals surface area (Å²) in [5.41, 5.74) is 2.77. The third-order valence-electron chi connectivity index (χ3n) is 3.13.